The number of hydrogen-bond donors (Lipinski definition) is 1. The Balaban J connectivity index is 0.000000462. The van der Waals surface area contributed by atoms with E-state index in [0.717, 1.165) is 35.9 Å². The molecule has 18 heteroatoms. The fraction of sp³-hybridized carbons (Fsp3) is 0.304. The topological polar surface area (TPSA) is 205 Å². The zero-order valence-corrected chi connectivity index (χ0v) is 43.6. The van der Waals surface area contributed by atoms with Gasteiger partial charge in [-0.25, -0.2) is 0 Å². The van der Waals surface area contributed by atoms with Crippen molar-refractivity contribution in [1.29, 1.82) is 0 Å². The van der Waals surface area contributed by atoms with Gasteiger partial charge < -0.3 is 20.1 Å². The normalized spacial score (nSPS) is 17.4. The van der Waals surface area contributed by atoms with Gasteiger partial charge in [-0.3, -0.25) is 38.4 Å². The quantitative estimate of drug-likeness (QED) is 0.0851. The van der Waals surface area contributed by atoms with E-state index in [1.807, 2.05) is 36.4 Å². The second-order valence-electron chi connectivity index (χ2n) is 14.4. The first kappa shape index (κ1) is 58.8. The summed E-state index contributed by atoms with van der Waals surface area (Å²) in [7, 11) is 0. The van der Waals surface area contributed by atoms with Crippen LogP contribution in [0.15, 0.2) is 90.7 Å². The van der Waals surface area contributed by atoms with Crippen LogP contribution in [0.2, 0.25) is 0 Å². The van der Waals surface area contributed by atoms with Crippen molar-refractivity contribution in [3.63, 3.8) is 0 Å². The number of esters is 2. The number of carbonyl (C=O) groups excluding carboxylic acids is 7. The first-order valence-electron chi connectivity index (χ1n) is 18.7. The van der Waals surface area contributed by atoms with Gasteiger partial charge in [-0.05, 0) is 88.8 Å². The second kappa shape index (κ2) is 25.1. The molecule has 0 saturated heterocycles. The summed E-state index contributed by atoms with van der Waals surface area (Å²) in [5.41, 5.74) is 6.49. The number of Topliss-reactive ketones (excluding diaryl/α,β-unsaturated/α-hetero) is 5. The van der Waals surface area contributed by atoms with Crippen molar-refractivity contribution >= 4 is 123 Å². The molecule has 0 aliphatic heterocycles. The number of fused-ring (bicyclic) bond motifs is 6. The van der Waals surface area contributed by atoms with E-state index in [2.05, 4.69) is 97.5 Å². The van der Waals surface area contributed by atoms with E-state index in [0.29, 0.717) is 36.8 Å². The number of benzene rings is 4. The summed E-state index contributed by atoms with van der Waals surface area (Å²) in [6, 6.07) is 23.4. The van der Waals surface area contributed by atoms with Gasteiger partial charge in [0.05, 0.1) is 6.61 Å². The Morgan fingerprint density at radius 3 is 1.28 bits per heavy atom. The van der Waals surface area contributed by atoms with Gasteiger partial charge >= 0.3 is 41.5 Å². The number of rotatable bonds is 6. The number of halogens is 5. The average Bonchev–Trinajstić information content (AvgIpc) is 3.64. The molecule has 0 bridgehead atoms. The fourth-order valence-electron chi connectivity index (χ4n) is 8.27. The summed E-state index contributed by atoms with van der Waals surface area (Å²) in [5, 5.41) is 7.42. The smallest absolute Gasteiger partial charge is 0.870 e. The molecular formula is C46H44Br4ClNaO12. The van der Waals surface area contributed by atoms with E-state index in [1.54, 1.807) is 26.0 Å². The minimum Gasteiger partial charge on any atom is -0.870 e. The first-order valence-corrected chi connectivity index (χ1v) is 21.9. The molecule has 4 aliphatic rings. The molecule has 4 aromatic carbocycles. The largest absolute Gasteiger partial charge is 1.00 e. The number of ketones is 5. The monoisotopic (exact) mass is 1160 g/mol. The van der Waals surface area contributed by atoms with Crippen molar-refractivity contribution in [2.75, 3.05) is 13.2 Å². The minimum absolute atomic E-state index is 0. The molecule has 0 amide bonds. The van der Waals surface area contributed by atoms with Gasteiger partial charge in [-0.15, -0.1) is 12.4 Å². The number of aliphatic carboxylic acids is 1. The summed E-state index contributed by atoms with van der Waals surface area (Å²) < 4.78 is 12.7. The van der Waals surface area contributed by atoms with Crippen molar-refractivity contribution in [2.24, 2.45) is 0 Å². The first-order chi connectivity index (χ1) is 28.4. The van der Waals surface area contributed by atoms with Gasteiger partial charge in [0.25, 0.3) is 5.97 Å². The molecule has 0 unspecified atom stereocenters. The van der Waals surface area contributed by atoms with Gasteiger partial charge in [0.1, 0.15) is 18.0 Å². The van der Waals surface area contributed by atoms with Gasteiger partial charge in [-0.2, -0.15) is 0 Å². The molecule has 64 heavy (non-hydrogen) atoms. The number of ether oxygens (including phenoxy) is 2. The van der Waals surface area contributed by atoms with Crippen LogP contribution < -0.4 is 29.6 Å². The standard InChI is InChI=1S/C20H14Br2O2.C14H6Br2O2.C9H14O5.C2H4O2.CH4.ClH.Na.H2O/c21-11-1-3-15-16-4-2-12(22)6-18(16)20-9-13(23)7-19(20,17(15)5-11)8-14(24)10-20;15-7-1-3-9-10-4-2-8(16)6-12(10)14(18)13(17)11(9)5-7;1-3-8(11)14-6-7(10)5-9(12)13-4-2;1-2(3)4;;;;/h1-6H,7-10H2;1-6H;3-6H2,1-2H3;1H3,(H,3,4);1H4;1H;;1H2/q;;;;;;+1;/p-1. The predicted molar refractivity (Wildman–Crippen MR) is 252 cm³/mol. The van der Waals surface area contributed by atoms with Gasteiger partial charge in [0, 0.05) is 78.9 Å². The third-order valence-corrected chi connectivity index (χ3v) is 12.4. The Morgan fingerprint density at radius 1 is 0.594 bits per heavy atom. The van der Waals surface area contributed by atoms with Crippen LogP contribution >= 0.6 is 76.1 Å². The molecule has 336 valence electrons. The second-order valence-corrected chi connectivity index (χ2v) is 18.1. The van der Waals surface area contributed by atoms with E-state index in [-0.39, 0.29) is 103 Å². The van der Waals surface area contributed by atoms with E-state index in [9.17, 15) is 33.6 Å². The molecule has 4 aromatic rings. The molecule has 0 atom stereocenters. The summed E-state index contributed by atoms with van der Waals surface area (Å²) in [6.07, 6.45) is 1.79. The summed E-state index contributed by atoms with van der Waals surface area (Å²) in [6.45, 7) is 4.24. The predicted octanol–water partition coefficient (Wildman–Crippen LogP) is 7.79. The van der Waals surface area contributed by atoms with Crippen LogP contribution in [0.3, 0.4) is 0 Å². The van der Waals surface area contributed by atoms with Crippen molar-refractivity contribution in [2.45, 2.75) is 77.6 Å². The fourth-order valence-corrected chi connectivity index (χ4v) is 9.72. The van der Waals surface area contributed by atoms with Crippen LogP contribution in [0.5, 0.6) is 0 Å². The zero-order chi connectivity index (χ0) is 44.1. The molecule has 12 nitrogen and oxygen atoms in total. The molecule has 0 radical (unpaired) electrons. The number of hydrogen-bond acceptors (Lipinski definition) is 11. The maximum Gasteiger partial charge on any atom is 1.00 e. The van der Waals surface area contributed by atoms with Crippen molar-refractivity contribution in [3.8, 4) is 22.3 Å². The van der Waals surface area contributed by atoms with Crippen LogP contribution in [0, 0.1) is 0 Å². The molecule has 4 aliphatic carbocycles. The molecular weight excluding hydrogens is 1120 g/mol. The van der Waals surface area contributed by atoms with Crippen molar-refractivity contribution in [1.82, 2.24) is 0 Å². The SMILES string of the molecule is C.CC(=O)O.CCOC(=O)CC(=O)COC(=O)CC.Cl.O=C1C(=O)c2cc(Br)ccc2-c2ccc(Br)cc21.O=C1CC23CC(=O)CC2(C1)c1cc(Br)ccc1-c1ccc(Br)cc13.[Na+].[OH-]. The third kappa shape index (κ3) is 12.8. The van der Waals surface area contributed by atoms with E-state index in [1.165, 1.54) is 22.3 Å². The van der Waals surface area contributed by atoms with E-state index < -0.39 is 35.3 Å². The summed E-state index contributed by atoms with van der Waals surface area (Å²) in [5.74, 6) is -2.67. The number of carboxylic acid groups (broad SMARTS) is 1. The zero-order valence-electron chi connectivity index (χ0n) is 34.5. The molecule has 0 heterocycles. The Labute approximate surface area is 432 Å². The maximum absolute atomic E-state index is 12.6. The number of carboxylic acids is 1. The van der Waals surface area contributed by atoms with Crippen LogP contribution in [-0.2, 0) is 49.1 Å². The Bertz CT molecular complexity index is 2310. The third-order valence-electron chi connectivity index (χ3n) is 10.5. The van der Waals surface area contributed by atoms with Gasteiger partial charge in [0.2, 0.25) is 11.6 Å². The molecule has 0 aromatic heterocycles. The van der Waals surface area contributed by atoms with Crippen LogP contribution in [0.4, 0.5) is 0 Å². The van der Waals surface area contributed by atoms with Crippen LogP contribution in [-0.4, -0.2) is 70.6 Å². The van der Waals surface area contributed by atoms with Crippen LogP contribution in [0.1, 0.15) is 98.6 Å². The van der Waals surface area contributed by atoms with Crippen molar-refractivity contribution in [3.05, 3.63) is 113 Å². The summed E-state index contributed by atoms with van der Waals surface area (Å²) >= 11 is 13.8. The maximum atomic E-state index is 12.6. The van der Waals surface area contributed by atoms with Gasteiger partial charge in [0.15, 0.2) is 12.4 Å². The molecule has 8 rings (SSSR count). The molecule has 2 saturated carbocycles. The van der Waals surface area contributed by atoms with E-state index in [4.69, 9.17) is 9.90 Å². The average molecular weight is 1170 g/mol. The van der Waals surface area contributed by atoms with Crippen molar-refractivity contribution < 1.29 is 88.0 Å². The van der Waals surface area contributed by atoms with Gasteiger partial charge in [-0.1, -0.05) is 102 Å². The van der Waals surface area contributed by atoms with E-state index >= 15 is 0 Å². The Hall–Kier alpha value is -3.19. The molecule has 2 N–H and O–H groups in total. The summed E-state index contributed by atoms with van der Waals surface area (Å²) in [4.78, 5) is 90.7. The minimum atomic E-state index is -0.833. The molecule has 2 fully saturated rings. The van der Waals surface area contributed by atoms with Crippen LogP contribution in [0.25, 0.3) is 22.3 Å². The Morgan fingerprint density at radius 2 is 0.938 bits per heavy atom. The number of carbonyl (C=O) groups is 8. The molecule has 0 spiro atoms. The Kier molecular flexibility index (Phi) is 23.1.